The molecule has 0 saturated heterocycles. The number of hydrogen-bond acceptors (Lipinski definition) is 5. The highest BCUT2D eigenvalue weighted by Gasteiger charge is 2.11. The molecule has 0 amide bonds. The van der Waals surface area contributed by atoms with Crippen molar-refractivity contribution in [2.75, 3.05) is 0 Å². The summed E-state index contributed by atoms with van der Waals surface area (Å²) in [6.45, 7) is 3.83. The van der Waals surface area contributed by atoms with Gasteiger partial charge < -0.3 is 9.15 Å². The summed E-state index contributed by atoms with van der Waals surface area (Å²) in [5.41, 5.74) is 3.33. The van der Waals surface area contributed by atoms with E-state index in [1.54, 1.807) is 18.3 Å². The Kier molecular flexibility index (Phi) is 4.99. The predicted octanol–water partition coefficient (Wildman–Crippen LogP) is 4.07. The molecule has 0 N–H and O–H groups in total. The molecule has 1 aromatic carbocycles. The third-order valence-electron chi connectivity index (χ3n) is 4.64. The van der Waals surface area contributed by atoms with Gasteiger partial charge in [0.25, 0.3) is 5.56 Å². The monoisotopic (exact) mass is 388 g/mol. The van der Waals surface area contributed by atoms with Gasteiger partial charge in [0.2, 0.25) is 0 Å². The van der Waals surface area contributed by atoms with Crippen molar-refractivity contribution in [3.05, 3.63) is 87.7 Å². The number of carbonyl (C=O) groups excluding carboxylic acids is 1. The van der Waals surface area contributed by atoms with Crippen molar-refractivity contribution in [2.45, 2.75) is 26.9 Å². The average Bonchev–Trinajstić information content (AvgIpc) is 3.09. The number of esters is 1. The Balaban J connectivity index is 1.50. The summed E-state index contributed by atoms with van der Waals surface area (Å²) < 4.78 is 12.6. The van der Waals surface area contributed by atoms with Crippen LogP contribution in [0.4, 0.5) is 0 Å². The van der Waals surface area contributed by atoms with Gasteiger partial charge in [0.15, 0.2) is 0 Å². The van der Waals surface area contributed by atoms with Crippen LogP contribution in [0.2, 0.25) is 0 Å². The van der Waals surface area contributed by atoms with Gasteiger partial charge in [-0.2, -0.15) is 0 Å². The number of furan rings is 1. The summed E-state index contributed by atoms with van der Waals surface area (Å²) in [7, 11) is 0. The van der Waals surface area contributed by atoms with E-state index in [2.05, 4.69) is 4.98 Å². The Hall–Kier alpha value is -3.67. The molecule has 0 radical (unpaired) electrons. The van der Waals surface area contributed by atoms with Crippen LogP contribution >= 0.6 is 0 Å². The molecule has 0 unspecified atom stereocenters. The van der Waals surface area contributed by atoms with E-state index >= 15 is 0 Å². The zero-order valence-electron chi connectivity index (χ0n) is 16.2. The maximum atomic E-state index is 12.2. The minimum absolute atomic E-state index is 0.0738. The second-order valence-electron chi connectivity index (χ2n) is 6.75. The molecule has 4 aromatic rings. The summed E-state index contributed by atoms with van der Waals surface area (Å²) in [6.07, 6.45) is 5.52. The van der Waals surface area contributed by atoms with Crippen LogP contribution in [0.5, 0.6) is 0 Å². The average molecular weight is 388 g/mol. The molecule has 0 aliphatic heterocycles. The normalized spacial score (nSPS) is 11.5. The van der Waals surface area contributed by atoms with E-state index in [0.29, 0.717) is 17.8 Å². The third kappa shape index (κ3) is 3.82. The molecule has 6 nitrogen and oxygen atoms in total. The number of nitrogens with zero attached hydrogens (tertiary/aromatic N) is 2. The molecule has 0 atom stereocenters. The lowest BCUT2D eigenvalue weighted by Gasteiger charge is -2.05. The summed E-state index contributed by atoms with van der Waals surface area (Å²) in [6, 6.07) is 12.7. The van der Waals surface area contributed by atoms with E-state index in [9.17, 15) is 9.59 Å². The minimum atomic E-state index is -0.511. The van der Waals surface area contributed by atoms with E-state index in [1.165, 1.54) is 16.5 Å². The highest BCUT2D eigenvalue weighted by Crippen LogP contribution is 2.27. The summed E-state index contributed by atoms with van der Waals surface area (Å²) in [5, 5.41) is 0.952. The van der Waals surface area contributed by atoms with Gasteiger partial charge in [-0.15, -0.1) is 0 Å². The molecular formula is C23H20N2O4. The van der Waals surface area contributed by atoms with Crippen LogP contribution in [0.15, 0.2) is 63.9 Å². The zero-order valence-corrected chi connectivity index (χ0v) is 16.2. The number of rotatable bonds is 5. The van der Waals surface area contributed by atoms with E-state index in [4.69, 9.17) is 9.15 Å². The second-order valence-corrected chi connectivity index (χ2v) is 6.75. The molecule has 0 spiro atoms. The van der Waals surface area contributed by atoms with Gasteiger partial charge in [0.05, 0.1) is 5.69 Å². The number of carbonyl (C=O) groups is 1. The highest BCUT2D eigenvalue weighted by atomic mass is 16.5. The first-order valence-corrected chi connectivity index (χ1v) is 9.39. The van der Waals surface area contributed by atoms with E-state index < -0.39 is 5.97 Å². The number of aryl methyl sites for hydroxylation is 2. The Morgan fingerprint density at radius 3 is 2.90 bits per heavy atom. The van der Waals surface area contributed by atoms with Crippen molar-refractivity contribution in [3.8, 4) is 0 Å². The largest absolute Gasteiger partial charge is 0.460 e. The van der Waals surface area contributed by atoms with Gasteiger partial charge in [-0.1, -0.05) is 31.2 Å². The molecule has 6 heteroatoms. The Bertz CT molecular complexity index is 1300. The molecule has 0 bridgehead atoms. The molecule has 0 aliphatic rings. The number of pyridine rings is 1. The standard InChI is InChI=1S/C23H20N2O4/c1-3-19-18(17-6-4-5-7-20(17)29-19)9-11-23(27)28-14-16-12-22(26)25-13-15(2)8-10-21(25)24-16/h4-13H,3,14H2,1-2H3/b11-9+. The molecule has 4 rings (SSSR count). The number of benzene rings is 1. The van der Waals surface area contributed by atoms with Crippen molar-refractivity contribution in [3.63, 3.8) is 0 Å². The number of fused-ring (bicyclic) bond motifs is 2. The first-order valence-electron chi connectivity index (χ1n) is 9.39. The molecule has 0 aliphatic carbocycles. The Morgan fingerprint density at radius 2 is 2.07 bits per heavy atom. The fourth-order valence-electron chi connectivity index (χ4n) is 3.24. The second kappa shape index (κ2) is 7.75. The lowest BCUT2D eigenvalue weighted by Crippen LogP contribution is -2.16. The first-order chi connectivity index (χ1) is 14.0. The van der Waals surface area contributed by atoms with Crippen molar-refractivity contribution in [2.24, 2.45) is 0 Å². The van der Waals surface area contributed by atoms with Gasteiger partial charge in [-0.25, -0.2) is 9.78 Å². The van der Waals surface area contributed by atoms with Crippen LogP contribution in [-0.2, 0) is 22.6 Å². The third-order valence-corrected chi connectivity index (χ3v) is 4.64. The van der Waals surface area contributed by atoms with Crippen LogP contribution in [0, 0.1) is 6.92 Å². The van der Waals surface area contributed by atoms with E-state index in [-0.39, 0.29) is 12.2 Å². The first kappa shape index (κ1) is 18.7. The van der Waals surface area contributed by atoms with Crippen LogP contribution in [0.1, 0.15) is 29.5 Å². The van der Waals surface area contributed by atoms with E-state index in [1.807, 2.05) is 44.2 Å². The number of ether oxygens (including phenoxy) is 1. The summed E-state index contributed by atoms with van der Waals surface area (Å²) in [4.78, 5) is 28.8. The van der Waals surface area contributed by atoms with Crippen molar-refractivity contribution < 1.29 is 13.9 Å². The molecule has 146 valence electrons. The fraction of sp³-hybridized carbons (Fsp3) is 0.174. The summed E-state index contributed by atoms with van der Waals surface area (Å²) >= 11 is 0. The zero-order chi connectivity index (χ0) is 20.4. The lowest BCUT2D eigenvalue weighted by atomic mass is 10.1. The number of hydrogen-bond donors (Lipinski definition) is 0. The molecule has 29 heavy (non-hydrogen) atoms. The maximum Gasteiger partial charge on any atom is 0.331 e. The van der Waals surface area contributed by atoms with Crippen LogP contribution in [0.3, 0.4) is 0 Å². The maximum absolute atomic E-state index is 12.2. The SMILES string of the molecule is CCc1oc2ccccc2c1/C=C/C(=O)OCc1cc(=O)n2cc(C)ccc2n1. The Morgan fingerprint density at radius 1 is 1.24 bits per heavy atom. The molecule has 0 saturated carbocycles. The quantitative estimate of drug-likeness (QED) is 0.381. The highest BCUT2D eigenvalue weighted by molar-refractivity contribution is 5.94. The van der Waals surface area contributed by atoms with Gasteiger partial charge in [0, 0.05) is 35.7 Å². The molecular weight excluding hydrogens is 368 g/mol. The Labute approximate surface area is 167 Å². The summed E-state index contributed by atoms with van der Waals surface area (Å²) in [5.74, 6) is 0.304. The van der Waals surface area contributed by atoms with Gasteiger partial charge in [-0.05, 0) is 30.7 Å². The van der Waals surface area contributed by atoms with Gasteiger partial charge in [-0.3, -0.25) is 9.20 Å². The van der Waals surface area contributed by atoms with Crippen LogP contribution in [0.25, 0.3) is 22.7 Å². The van der Waals surface area contributed by atoms with Gasteiger partial charge >= 0.3 is 5.97 Å². The molecule has 0 fully saturated rings. The molecule has 3 aromatic heterocycles. The number of para-hydroxylation sites is 1. The number of aromatic nitrogens is 2. The van der Waals surface area contributed by atoms with Crippen molar-refractivity contribution >= 4 is 28.7 Å². The lowest BCUT2D eigenvalue weighted by molar-refractivity contribution is -0.139. The van der Waals surface area contributed by atoms with Gasteiger partial charge in [0.1, 0.15) is 23.6 Å². The predicted molar refractivity (Wildman–Crippen MR) is 111 cm³/mol. The molecule has 3 heterocycles. The van der Waals surface area contributed by atoms with E-state index in [0.717, 1.165) is 27.9 Å². The smallest absolute Gasteiger partial charge is 0.331 e. The van der Waals surface area contributed by atoms with Crippen molar-refractivity contribution in [1.82, 2.24) is 9.38 Å². The fourth-order valence-corrected chi connectivity index (χ4v) is 3.24. The topological polar surface area (TPSA) is 73.8 Å². The van der Waals surface area contributed by atoms with Crippen LogP contribution < -0.4 is 5.56 Å². The van der Waals surface area contributed by atoms with Crippen LogP contribution in [-0.4, -0.2) is 15.4 Å². The van der Waals surface area contributed by atoms with Crippen molar-refractivity contribution in [1.29, 1.82) is 0 Å². The minimum Gasteiger partial charge on any atom is -0.460 e.